The van der Waals surface area contributed by atoms with E-state index < -0.39 is 0 Å². The number of anilines is 1. The minimum Gasteiger partial charge on any atom is -0.496 e. The lowest BCUT2D eigenvalue weighted by atomic mass is 10.1. The lowest BCUT2D eigenvalue weighted by molar-refractivity contribution is 0.384. The number of nitrogens with one attached hydrogen (secondary N) is 3. The third-order valence-electron chi connectivity index (χ3n) is 4.11. The molecule has 3 aromatic rings. The van der Waals surface area contributed by atoms with Gasteiger partial charge in [0.25, 0.3) is 0 Å². The summed E-state index contributed by atoms with van der Waals surface area (Å²) < 4.78 is 23.8. The Kier molecular flexibility index (Phi) is 6.06. The lowest BCUT2D eigenvalue weighted by Gasteiger charge is -2.15. The fourth-order valence-electron chi connectivity index (χ4n) is 2.74. The average molecular weight is 380 g/mol. The molecular weight excluding hydrogens is 359 g/mol. The lowest BCUT2D eigenvalue weighted by Crippen LogP contribution is -2.29. The van der Waals surface area contributed by atoms with E-state index in [9.17, 15) is 4.39 Å². The third-order valence-corrected chi connectivity index (χ3v) is 4.11. The van der Waals surface area contributed by atoms with Gasteiger partial charge in [-0.15, -0.1) is 0 Å². The molecule has 1 aromatic heterocycles. The van der Waals surface area contributed by atoms with Crippen LogP contribution in [0.15, 0.2) is 60.7 Å². The molecule has 0 bridgehead atoms. The van der Waals surface area contributed by atoms with Crippen molar-refractivity contribution in [1.82, 2.24) is 10.3 Å². The van der Waals surface area contributed by atoms with E-state index in [0.29, 0.717) is 29.6 Å². The first kappa shape index (κ1) is 19.2. The fourth-order valence-corrected chi connectivity index (χ4v) is 2.74. The Morgan fingerprint density at radius 2 is 1.61 bits per heavy atom. The van der Waals surface area contributed by atoms with Crippen molar-refractivity contribution in [2.24, 2.45) is 0 Å². The first-order valence-corrected chi connectivity index (χ1v) is 8.63. The van der Waals surface area contributed by atoms with Crippen LogP contribution in [0.3, 0.4) is 0 Å². The maximum Gasteiger partial charge on any atom is 0.194 e. The van der Waals surface area contributed by atoms with Gasteiger partial charge in [-0.3, -0.25) is 5.41 Å². The number of benzene rings is 2. The molecule has 6 nitrogen and oxygen atoms in total. The topological polar surface area (TPSA) is 79.3 Å². The Bertz CT molecular complexity index is 939. The van der Waals surface area contributed by atoms with Crippen molar-refractivity contribution in [2.45, 2.75) is 6.54 Å². The number of aromatic nitrogens is 1. The van der Waals surface area contributed by atoms with E-state index in [1.807, 2.05) is 30.3 Å². The molecule has 2 aromatic carbocycles. The van der Waals surface area contributed by atoms with Crippen molar-refractivity contribution in [1.29, 1.82) is 5.41 Å². The van der Waals surface area contributed by atoms with E-state index in [-0.39, 0.29) is 11.8 Å². The molecule has 0 aliphatic carbocycles. The van der Waals surface area contributed by atoms with Crippen molar-refractivity contribution in [2.75, 3.05) is 19.5 Å². The number of guanidine groups is 1. The second-order valence-electron chi connectivity index (χ2n) is 5.91. The van der Waals surface area contributed by atoms with Crippen LogP contribution < -0.4 is 20.1 Å². The molecule has 28 heavy (non-hydrogen) atoms. The summed E-state index contributed by atoms with van der Waals surface area (Å²) in [5, 5.41) is 14.0. The molecule has 0 atom stereocenters. The quantitative estimate of drug-likeness (QED) is 0.444. The molecule has 0 radical (unpaired) electrons. The van der Waals surface area contributed by atoms with Crippen LogP contribution in [0.5, 0.6) is 11.5 Å². The van der Waals surface area contributed by atoms with E-state index in [2.05, 4.69) is 15.6 Å². The summed E-state index contributed by atoms with van der Waals surface area (Å²) in [5.41, 5.74) is 2.29. The molecule has 3 N–H and O–H groups in total. The molecule has 0 amide bonds. The Balaban J connectivity index is 1.68. The molecule has 0 aliphatic rings. The Labute approximate surface area is 162 Å². The van der Waals surface area contributed by atoms with Crippen LogP contribution in [0.2, 0.25) is 0 Å². The van der Waals surface area contributed by atoms with Gasteiger partial charge in [0.05, 0.1) is 32.0 Å². The van der Waals surface area contributed by atoms with E-state index in [1.165, 1.54) is 12.1 Å². The van der Waals surface area contributed by atoms with Gasteiger partial charge in [-0.05, 0) is 48.5 Å². The Morgan fingerprint density at radius 1 is 0.964 bits per heavy atom. The molecule has 0 unspecified atom stereocenters. The van der Waals surface area contributed by atoms with Crippen LogP contribution >= 0.6 is 0 Å². The monoisotopic (exact) mass is 380 g/mol. The van der Waals surface area contributed by atoms with Gasteiger partial charge in [0, 0.05) is 5.56 Å². The highest BCUT2D eigenvalue weighted by molar-refractivity contribution is 5.90. The number of halogens is 1. The number of hydrogen-bond donors (Lipinski definition) is 3. The standard InChI is InChI=1S/C21H21FN4O2/c1-27-18-6-4-7-19(28-2)16(18)13-24-21(23)26-20-8-3-5-17(25-20)14-9-11-15(22)12-10-14/h3-12H,13H2,1-2H3,(H3,23,24,25,26). The second kappa shape index (κ2) is 8.85. The van der Waals surface area contributed by atoms with Crippen molar-refractivity contribution in [3.8, 4) is 22.8 Å². The summed E-state index contributed by atoms with van der Waals surface area (Å²) in [6.07, 6.45) is 0. The number of nitrogens with zero attached hydrogens (tertiary/aromatic N) is 1. The van der Waals surface area contributed by atoms with E-state index >= 15 is 0 Å². The van der Waals surface area contributed by atoms with Crippen LogP contribution in [-0.4, -0.2) is 25.2 Å². The molecule has 0 saturated heterocycles. The normalized spacial score (nSPS) is 10.2. The van der Waals surface area contributed by atoms with Crippen LogP contribution in [0.1, 0.15) is 5.56 Å². The minimum atomic E-state index is -0.296. The van der Waals surface area contributed by atoms with Gasteiger partial charge >= 0.3 is 0 Å². The maximum absolute atomic E-state index is 13.1. The molecule has 7 heteroatoms. The SMILES string of the molecule is COc1cccc(OC)c1CNC(=N)Nc1cccc(-c2ccc(F)cc2)n1. The van der Waals surface area contributed by atoms with Crippen molar-refractivity contribution in [3.63, 3.8) is 0 Å². The number of ether oxygens (including phenoxy) is 2. The van der Waals surface area contributed by atoms with Gasteiger partial charge in [0.15, 0.2) is 5.96 Å². The first-order valence-electron chi connectivity index (χ1n) is 8.63. The van der Waals surface area contributed by atoms with Crippen molar-refractivity contribution >= 4 is 11.8 Å². The van der Waals surface area contributed by atoms with E-state index in [0.717, 1.165) is 11.1 Å². The van der Waals surface area contributed by atoms with Gasteiger partial charge in [-0.1, -0.05) is 12.1 Å². The molecule has 0 spiro atoms. The summed E-state index contributed by atoms with van der Waals surface area (Å²) in [7, 11) is 3.18. The van der Waals surface area contributed by atoms with Crippen LogP contribution in [-0.2, 0) is 6.54 Å². The van der Waals surface area contributed by atoms with Crippen LogP contribution in [0.25, 0.3) is 11.3 Å². The number of pyridine rings is 1. The van der Waals surface area contributed by atoms with Crippen molar-refractivity contribution < 1.29 is 13.9 Å². The summed E-state index contributed by atoms with van der Waals surface area (Å²) in [6.45, 7) is 0.344. The highest BCUT2D eigenvalue weighted by Gasteiger charge is 2.10. The number of hydrogen-bond acceptors (Lipinski definition) is 4. The van der Waals surface area contributed by atoms with E-state index in [4.69, 9.17) is 14.9 Å². The minimum absolute atomic E-state index is 0.0803. The smallest absolute Gasteiger partial charge is 0.194 e. The maximum atomic E-state index is 13.1. The molecule has 0 saturated carbocycles. The van der Waals surface area contributed by atoms with Gasteiger partial charge in [0.1, 0.15) is 23.1 Å². The second-order valence-corrected chi connectivity index (χ2v) is 5.91. The van der Waals surface area contributed by atoms with Gasteiger partial charge in [-0.2, -0.15) is 0 Å². The van der Waals surface area contributed by atoms with Crippen LogP contribution in [0, 0.1) is 11.2 Å². The predicted octanol–water partition coefficient (Wildman–Crippen LogP) is 4.04. The summed E-state index contributed by atoms with van der Waals surface area (Å²) in [4.78, 5) is 4.47. The van der Waals surface area contributed by atoms with Crippen molar-refractivity contribution in [3.05, 3.63) is 72.0 Å². The Hall–Kier alpha value is -3.61. The zero-order valence-electron chi connectivity index (χ0n) is 15.6. The predicted molar refractivity (Wildman–Crippen MR) is 107 cm³/mol. The van der Waals surface area contributed by atoms with E-state index in [1.54, 1.807) is 32.4 Å². The molecule has 144 valence electrons. The highest BCUT2D eigenvalue weighted by Crippen LogP contribution is 2.27. The molecular formula is C21H21FN4O2. The molecule has 0 aliphatic heterocycles. The molecule has 1 heterocycles. The van der Waals surface area contributed by atoms with Crippen LogP contribution in [0.4, 0.5) is 10.2 Å². The van der Waals surface area contributed by atoms with Gasteiger partial charge in [-0.25, -0.2) is 9.37 Å². The molecule has 3 rings (SSSR count). The first-order chi connectivity index (χ1) is 13.6. The summed E-state index contributed by atoms with van der Waals surface area (Å²) >= 11 is 0. The zero-order chi connectivity index (χ0) is 19.9. The Morgan fingerprint density at radius 3 is 2.25 bits per heavy atom. The summed E-state index contributed by atoms with van der Waals surface area (Å²) in [6, 6.07) is 17.0. The average Bonchev–Trinajstić information content (AvgIpc) is 2.72. The number of rotatable bonds is 6. The highest BCUT2D eigenvalue weighted by atomic mass is 19.1. The molecule has 0 fully saturated rings. The zero-order valence-corrected chi connectivity index (χ0v) is 15.6. The fraction of sp³-hybridized carbons (Fsp3) is 0.143. The largest absolute Gasteiger partial charge is 0.496 e. The third kappa shape index (κ3) is 4.56. The number of methoxy groups -OCH3 is 2. The van der Waals surface area contributed by atoms with Gasteiger partial charge in [0.2, 0.25) is 0 Å². The summed E-state index contributed by atoms with van der Waals surface area (Å²) in [5.74, 6) is 1.64. The van der Waals surface area contributed by atoms with Gasteiger partial charge < -0.3 is 20.1 Å².